The minimum atomic E-state index is -0.470. The van der Waals surface area contributed by atoms with E-state index >= 15 is 0 Å². The van der Waals surface area contributed by atoms with E-state index in [0.717, 1.165) is 12.8 Å². The number of ether oxygens (including phenoxy) is 2. The van der Waals surface area contributed by atoms with Gasteiger partial charge in [0.25, 0.3) is 0 Å². The molecule has 0 spiro atoms. The average Bonchev–Trinajstić information content (AvgIpc) is 2.36. The van der Waals surface area contributed by atoms with Crippen LogP contribution in [0.3, 0.4) is 0 Å². The average molecular weight is 346 g/mol. The molecule has 1 aromatic rings. The largest absolute Gasteiger partial charge is 0.490 e. The van der Waals surface area contributed by atoms with E-state index < -0.39 is 5.60 Å². The Hall–Kier alpha value is -1.13. The first kappa shape index (κ1) is 17.2. The van der Waals surface area contributed by atoms with Crippen molar-refractivity contribution in [1.29, 1.82) is 0 Å². The lowest BCUT2D eigenvalue weighted by Crippen LogP contribution is -2.44. The molecule has 1 aliphatic rings. The zero-order chi connectivity index (χ0) is 16.3. The molecule has 122 valence electrons. The molecule has 4 nitrogen and oxygen atoms in total. The first-order valence-electron chi connectivity index (χ1n) is 7.33. The van der Waals surface area contributed by atoms with Gasteiger partial charge in [0.15, 0.2) is 0 Å². The van der Waals surface area contributed by atoms with E-state index in [2.05, 4.69) is 0 Å². The third kappa shape index (κ3) is 5.25. The molecule has 1 amide bonds. The fraction of sp³-hybridized carbons (Fsp3) is 0.562. The van der Waals surface area contributed by atoms with Gasteiger partial charge in [-0.25, -0.2) is 4.79 Å². The highest BCUT2D eigenvalue weighted by atomic mass is 35.5. The SMILES string of the molecule is CC(C)(C)OC(=O)N1CCC(Oc2cc(Cl)cc(Cl)c2)CC1. The van der Waals surface area contributed by atoms with Crippen molar-refractivity contribution in [1.82, 2.24) is 4.90 Å². The third-order valence-electron chi connectivity index (χ3n) is 3.23. The number of rotatable bonds is 2. The molecular formula is C16H21Cl2NO3. The van der Waals surface area contributed by atoms with E-state index in [1.807, 2.05) is 20.8 Å². The number of likely N-dealkylation sites (tertiary alicyclic amines) is 1. The molecule has 22 heavy (non-hydrogen) atoms. The molecule has 1 heterocycles. The van der Waals surface area contributed by atoms with Gasteiger partial charge in [-0.05, 0) is 39.0 Å². The smallest absolute Gasteiger partial charge is 0.410 e. The fourth-order valence-electron chi connectivity index (χ4n) is 2.27. The molecule has 0 aromatic heterocycles. The Balaban J connectivity index is 1.86. The molecule has 1 aromatic carbocycles. The minimum absolute atomic E-state index is 0.0493. The summed E-state index contributed by atoms with van der Waals surface area (Å²) in [5.41, 5.74) is -0.470. The molecule has 2 rings (SSSR count). The summed E-state index contributed by atoms with van der Waals surface area (Å²) in [5, 5.41) is 1.10. The zero-order valence-corrected chi connectivity index (χ0v) is 14.6. The third-order valence-corrected chi connectivity index (χ3v) is 3.67. The van der Waals surface area contributed by atoms with Gasteiger partial charge in [-0.15, -0.1) is 0 Å². The van der Waals surface area contributed by atoms with Crippen LogP contribution in [-0.2, 0) is 4.74 Å². The number of benzene rings is 1. The summed E-state index contributed by atoms with van der Waals surface area (Å²) < 4.78 is 11.3. The van der Waals surface area contributed by atoms with Crippen molar-refractivity contribution in [3.8, 4) is 5.75 Å². The zero-order valence-electron chi connectivity index (χ0n) is 13.1. The molecule has 0 unspecified atom stereocenters. The highest BCUT2D eigenvalue weighted by Crippen LogP contribution is 2.27. The Labute approximate surface area is 141 Å². The van der Waals surface area contributed by atoms with Gasteiger partial charge >= 0.3 is 6.09 Å². The summed E-state index contributed by atoms with van der Waals surface area (Å²) in [6.45, 7) is 6.83. The number of hydrogen-bond acceptors (Lipinski definition) is 3. The van der Waals surface area contributed by atoms with E-state index in [1.54, 1.807) is 23.1 Å². The molecule has 1 saturated heterocycles. The minimum Gasteiger partial charge on any atom is -0.490 e. The number of piperidine rings is 1. The van der Waals surface area contributed by atoms with Crippen molar-refractivity contribution in [2.24, 2.45) is 0 Å². The number of halogens is 2. The van der Waals surface area contributed by atoms with Crippen LogP contribution < -0.4 is 4.74 Å². The molecule has 0 bridgehead atoms. The predicted molar refractivity (Wildman–Crippen MR) is 87.9 cm³/mol. The Morgan fingerprint density at radius 1 is 1.14 bits per heavy atom. The van der Waals surface area contributed by atoms with Crippen molar-refractivity contribution in [3.05, 3.63) is 28.2 Å². The van der Waals surface area contributed by atoms with Gasteiger partial charge in [0.1, 0.15) is 17.5 Å². The van der Waals surface area contributed by atoms with Crippen LogP contribution in [-0.4, -0.2) is 35.8 Å². The number of nitrogens with zero attached hydrogens (tertiary/aromatic N) is 1. The van der Waals surface area contributed by atoms with E-state index in [-0.39, 0.29) is 12.2 Å². The van der Waals surface area contributed by atoms with E-state index in [9.17, 15) is 4.79 Å². The van der Waals surface area contributed by atoms with Crippen molar-refractivity contribution in [2.45, 2.75) is 45.3 Å². The maximum atomic E-state index is 12.0. The van der Waals surface area contributed by atoms with Gasteiger partial charge in [-0.2, -0.15) is 0 Å². The van der Waals surface area contributed by atoms with Gasteiger partial charge in [-0.1, -0.05) is 23.2 Å². The maximum Gasteiger partial charge on any atom is 0.410 e. The Bertz CT molecular complexity index is 514. The summed E-state index contributed by atoms with van der Waals surface area (Å²) in [7, 11) is 0. The van der Waals surface area contributed by atoms with Crippen LogP contribution in [0, 0.1) is 0 Å². The molecule has 1 fully saturated rings. The maximum absolute atomic E-state index is 12.0. The van der Waals surface area contributed by atoms with Gasteiger partial charge in [0, 0.05) is 36.0 Å². The van der Waals surface area contributed by atoms with Gasteiger partial charge < -0.3 is 14.4 Å². The lowest BCUT2D eigenvalue weighted by Gasteiger charge is -2.33. The second kappa shape index (κ2) is 6.97. The molecule has 0 atom stereocenters. The molecule has 0 aliphatic carbocycles. The highest BCUT2D eigenvalue weighted by Gasteiger charge is 2.27. The first-order chi connectivity index (χ1) is 10.2. The van der Waals surface area contributed by atoms with Gasteiger partial charge in [-0.3, -0.25) is 0 Å². The number of carbonyl (C=O) groups is 1. The van der Waals surface area contributed by atoms with Crippen molar-refractivity contribution in [3.63, 3.8) is 0 Å². The summed E-state index contributed by atoms with van der Waals surface area (Å²) >= 11 is 11.9. The highest BCUT2D eigenvalue weighted by molar-refractivity contribution is 6.34. The van der Waals surface area contributed by atoms with Crippen LogP contribution in [0.15, 0.2) is 18.2 Å². The molecule has 0 radical (unpaired) electrons. The lowest BCUT2D eigenvalue weighted by molar-refractivity contribution is 0.0126. The quantitative estimate of drug-likeness (QED) is 0.774. The molecular weight excluding hydrogens is 325 g/mol. The monoisotopic (exact) mass is 345 g/mol. The van der Waals surface area contributed by atoms with E-state index in [0.29, 0.717) is 28.9 Å². The number of carbonyl (C=O) groups excluding carboxylic acids is 1. The molecule has 6 heteroatoms. The van der Waals surface area contributed by atoms with Crippen LogP contribution in [0.5, 0.6) is 5.75 Å². The summed E-state index contributed by atoms with van der Waals surface area (Å²) in [4.78, 5) is 13.7. The summed E-state index contributed by atoms with van der Waals surface area (Å²) in [5.74, 6) is 0.660. The van der Waals surface area contributed by atoms with Gasteiger partial charge in [0.2, 0.25) is 0 Å². The topological polar surface area (TPSA) is 38.8 Å². The van der Waals surface area contributed by atoms with Crippen LogP contribution >= 0.6 is 23.2 Å². The predicted octanol–water partition coefficient (Wildman–Crippen LogP) is 4.77. The van der Waals surface area contributed by atoms with Crippen LogP contribution in [0.1, 0.15) is 33.6 Å². The summed E-state index contributed by atoms with van der Waals surface area (Å²) in [6.07, 6.45) is 1.29. The Kier molecular flexibility index (Phi) is 5.45. The second-order valence-corrected chi connectivity index (χ2v) is 7.26. The first-order valence-corrected chi connectivity index (χ1v) is 8.09. The van der Waals surface area contributed by atoms with E-state index in [4.69, 9.17) is 32.7 Å². The van der Waals surface area contributed by atoms with Crippen molar-refractivity contribution >= 4 is 29.3 Å². The Morgan fingerprint density at radius 3 is 2.18 bits per heavy atom. The second-order valence-electron chi connectivity index (χ2n) is 6.39. The Morgan fingerprint density at radius 2 is 1.68 bits per heavy atom. The van der Waals surface area contributed by atoms with Crippen LogP contribution in [0.25, 0.3) is 0 Å². The molecule has 1 aliphatic heterocycles. The van der Waals surface area contributed by atoms with Crippen LogP contribution in [0.2, 0.25) is 10.0 Å². The van der Waals surface area contributed by atoms with Crippen LogP contribution in [0.4, 0.5) is 4.79 Å². The molecule has 0 N–H and O–H groups in total. The number of hydrogen-bond donors (Lipinski definition) is 0. The standard InChI is InChI=1S/C16H21Cl2NO3/c1-16(2,3)22-15(20)19-6-4-13(5-7-19)21-14-9-11(17)8-12(18)10-14/h8-10,13H,4-7H2,1-3H3. The normalized spacial score (nSPS) is 16.5. The number of amides is 1. The van der Waals surface area contributed by atoms with Crippen molar-refractivity contribution in [2.75, 3.05) is 13.1 Å². The lowest BCUT2D eigenvalue weighted by atomic mass is 10.1. The van der Waals surface area contributed by atoms with Gasteiger partial charge in [0.05, 0.1) is 0 Å². The van der Waals surface area contributed by atoms with Crippen molar-refractivity contribution < 1.29 is 14.3 Å². The summed E-state index contributed by atoms with van der Waals surface area (Å²) in [6, 6.07) is 5.16. The fourth-order valence-corrected chi connectivity index (χ4v) is 2.78. The molecule has 0 saturated carbocycles. The van der Waals surface area contributed by atoms with E-state index in [1.165, 1.54) is 0 Å².